The summed E-state index contributed by atoms with van der Waals surface area (Å²) in [6, 6.07) is 1.99. The normalized spacial score (nSPS) is 10.7. The molecule has 0 spiro atoms. The van der Waals surface area contributed by atoms with Crippen LogP contribution >= 0.6 is 22.7 Å². The molecule has 0 atom stereocenters. The van der Waals surface area contributed by atoms with E-state index in [9.17, 15) is 0 Å². The van der Waals surface area contributed by atoms with Gasteiger partial charge in [-0.15, -0.1) is 22.7 Å². The Labute approximate surface area is 111 Å². The smallest absolute Gasteiger partial charge is 0.240 e. The van der Waals surface area contributed by atoms with E-state index < -0.39 is 0 Å². The molecule has 3 rings (SSSR count). The molecule has 3 aromatic heterocycles. The van der Waals surface area contributed by atoms with Gasteiger partial charge in [0.25, 0.3) is 0 Å². The Bertz CT molecular complexity index is 647. The van der Waals surface area contributed by atoms with Crippen LogP contribution < -0.4 is 16.6 Å². The van der Waals surface area contributed by atoms with Crippen molar-refractivity contribution in [3.63, 3.8) is 0 Å². The average Bonchev–Trinajstić information content (AvgIpc) is 3.06. The van der Waals surface area contributed by atoms with Gasteiger partial charge in [0.2, 0.25) is 5.95 Å². The first-order valence-electron chi connectivity index (χ1n) is 5.21. The molecule has 0 bridgehead atoms. The number of nitrogens with two attached hydrogens (primary N) is 1. The summed E-state index contributed by atoms with van der Waals surface area (Å²) in [5.41, 5.74) is 2.47. The molecule has 0 radical (unpaired) electrons. The Balaban J connectivity index is 1.92. The maximum Gasteiger partial charge on any atom is 0.240 e. The first-order valence-corrected chi connectivity index (χ1v) is 6.97. The predicted molar refractivity (Wildman–Crippen MR) is 74.7 cm³/mol. The zero-order chi connectivity index (χ0) is 12.4. The van der Waals surface area contributed by atoms with E-state index in [0.29, 0.717) is 12.5 Å². The first-order chi connectivity index (χ1) is 8.86. The summed E-state index contributed by atoms with van der Waals surface area (Å²) in [6.45, 7) is 0.642. The van der Waals surface area contributed by atoms with Gasteiger partial charge in [0, 0.05) is 11.6 Å². The molecular weight excluding hydrogens is 268 g/mol. The number of nitrogens with one attached hydrogen (secondary N) is 2. The van der Waals surface area contributed by atoms with Crippen LogP contribution in [0.1, 0.15) is 5.01 Å². The van der Waals surface area contributed by atoms with Gasteiger partial charge in [0.15, 0.2) is 0 Å². The molecule has 3 heterocycles. The third kappa shape index (κ3) is 2.13. The van der Waals surface area contributed by atoms with Crippen LogP contribution in [0.3, 0.4) is 0 Å². The van der Waals surface area contributed by atoms with Crippen molar-refractivity contribution in [3.8, 4) is 0 Å². The maximum absolute atomic E-state index is 5.36. The van der Waals surface area contributed by atoms with E-state index >= 15 is 0 Å². The second-order valence-corrected chi connectivity index (χ2v) is 5.33. The number of nitrogens with zero attached hydrogens (tertiary/aromatic N) is 3. The van der Waals surface area contributed by atoms with Crippen molar-refractivity contribution in [1.82, 2.24) is 15.0 Å². The number of aromatic nitrogens is 3. The van der Waals surface area contributed by atoms with Gasteiger partial charge in [-0.25, -0.2) is 15.8 Å². The standard InChI is InChI=1S/C10H10N6S2/c11-16-10-14-8(6-1-3-18-9(6)15-10)13-5-7-12-2-4-17-7/h1-4H,5,11H2,(H2,13,14,15,16). The molecule has 0 unspecified atom stereocenters. The number of hydrogen-bond donors (Lipinski definition) is 3. The number of thiazole rings is 1. The lowest BCUT2D eigenvalue weighted by molar-refractivity contribution is 1.07. The zero-order valence-corrected chi connectivity index (χ0v) is 10.9. The highest BCUT2D eigenvalue weighted by Gasteiger charge is 2.08. The molecule has 4 N–H and O–H groups in total. The Morgan fingerprint density at radius 2 is 2.17 bits per heavy atom. The quantitative estimate of drug-likeness (QED) is 0.500. The molecule has 0 aliphatic rings. The molecule has 92 valence electrons. The van der Waals surface area contributed by atoms with Crippen molar-refractivity contribution < 1.29 is 0 Å². The summed E-state index contributed by atoms with van der Waals surface area (Å²) in [5.74, 6) is 6.54. The molecule has 6 nitrogen and oxygen atoms in total. The number of rotatable bonds is 4. The van der Waals surface area contributed by atoms with E-state index in [-0.39, 0.29) is 0 Å². The van der Waals surface area contributed by atoms with Crippen molar-refractivity contribution >= 4 is 44.7 Å². The van der Waals surface area contributed by atoms with Gasteiger partial charge in [-0.1, -0.05) is 0 Å². The molecule has 0 aliphatic heterocycles. The van der Waals surface area contributed by atoms with Gasteiger partial charge in [-0.3, -0.25) is 5.43 Å². The van der Waals surface area contributed by atoms with Crippen molar-refractivity contribution in [2.24, 2.45) is 5.84 Å². The van der Waals surface area contributed by atoms with Gasteiger partial charge in [-0.05, 0) is 11.4 Å². The number of anilines is 2. The van der Waals surface area contributed by atoms with Crippen LogP contribution in [0.2, 0.25) is 0 Å². The number of nitrogen functional groups attached to an aromatic ring is 1. The van der Waals surface area contributed by atoms with E-state index in [2.05, 4.69) is 25.7 Å². The van der Waals surface area contributed by atoms with Gasteiger partial charge < -0.3 is 5.32 Å². The van der Waals surface area contributed by atoms with Crippen LogP contribution in [-0.4, -0.2) is 15.0 Å². The fourth-order valence-electron chi connectivity index (χ4n) is 1.55. The fourth-order valence-corrected chi connectivity index (χ4v) is 2.87. The van der Waals surface area contributed by atoms with E-state index in [4.69, 9.17) is 5.84 Å². The van der Waals surface area contributed by atoms with Gasteiger partial charge in [0.05, 0.1) is 11.9 Å². The number of fused-ring (bicyclic) bond motifs is 1. The molecular formula is C10H10N6S2. The molecule has 0 saturated carbocycles. The second kappa shape index (κ2) is 4.84. The van der Waals surface area contributed by atoms with Crippen molar-refractivity contribution in [1.29, 1.82) is 0 Å². The van der Waals surface area contributed by atoms with Crippen LogP contribution in [0.15, 0.2) is 23.0 Å². The third-order valence-electron chi connectivity index (χ3n) is 2.34. The van der Waals surface area contributed by atoms with Gasteiger partial charge >= 0.3 is 0 Å². The topological polar surface area (TPSA) is 88.8 Å². The molecule has 18 heavy (non-hydrogen) atoms. The van der Waals surface area contributed by atoms with Gasteiger partial charge in [-0.2, -0.15) is 4.98 Å². The minimum Gasteiger partial charge on any atom is -0.363 e. The SMILES string of the molecule is NNc1nc(NCc2nccs2)c2ccsc2n1. The highest BCUT2D eigenvalue weighted by atomic mass is 32.1. The van der Waals surface area contributed by atoms with Crippen molar-refractivity contribution in [2.45, 2.75) is 6.54 Å². The average molecular weight is 278 g/mol. The van der Waals surface area contributed by atoms with Gasteiger partial charge in [0.1, 0.15) is 15.7 Å². The van der Waals surface area contributed by atoms with Crippen molar-refractivity contribution in [2.75, 3.05) is 10.7 Å². The largest absolute Gasteiger partial charge is 0.363 e. The third-order valence-corrected chi connectivity index (χ3v) is 3.93. The molecule has 8 heteroatoms. The fraction of sp³-hybridized carbons (Fsp3) is 0.100. The van der Waals surface area contributed by atoms with E-state index in [0.717, 1.165) is 21.0 Å². The van der Waals surface area contributed by atoms with E-state index in [1.165, 1.54) is 0 Å². The highest BCUT2D eigenvalue weighted by molar-refractivity contribution is 7.16. The lowest BCUT2D eigenvalue weighted by atomic mass is 10.4. The van der Waals surface area contributed by atoms with Crippen molar-refractivity contribution in [3.05, 3.63) is 28.0 Å². The van der Waals surface area contributed by atoms with Crippen LogP contribution in [0.25, 0.3) is 10.2 Å². The number of thiophene rings is 1. The Hall–Kier alpha value is -1.77. The summed E-state index contributed by atoms with van der Waals surface area (Å²) in [6.07, 6.45) is 1.79. The van der Waals surface area contributed by atoms with E-state index in [1.807, 2.05) is 16.8 Å². The molecule has 0 amide bonds. The minimum atomic E-state index is 0.409. The molecule has 0 fully saturated rings. The Kier molecular flexibility index (Phi) is 3.05. The lowest BCUT2D eigenvalue weighted by Gasteiger charge is -2.06. The summed E-state index contributed by atoms with van der Waals surface area (Å²) < 4.78 is 0. The zero-order valence-electron chi connectivity index (χ0n) is 9.25. The van der Waals surface area contributed by atoms with Crippen LogP contribution in [0, 0.1) is 0 Å². The Morgan fingerprint density at radius 1 is 1.22 bits per heavy atom. The Morgan fingerprint density at radius 3 is 2.94 bits per heavy atom. The summed E-state index contributed by atoms with van der Waals surface area (Å²) in [7, 11) is 0. The summed E-state index contributed by atoms with van der Waals surface area (Å²) in [5, 5.41) is 9.20. The molecule has 0 aromatic carbocycles. The van der Waals surface area contributed by atoms with Crippen LogP contribution in [0.5, 0.6) is 0 Å². The summed E-state index contributed by atoms with van der Waals surface area (Å²) >= 11 is 3.16. The van der Waals surface area contributed by atoms with E-state index in [1.54, 1.807) is 28.9 Å². The van der Waals surface area contributed by atoms with Crippen LogP contribution in [0.4, 0.5) is 11.8 Å². The maximum atomic E-state index is 5.36. The highest BCUT2D eigenvalue weighted by Crippen LogP contribution is 2.26. The predicted octanol–water partition coefficient (Wildman–Crippen LogP) is 2.05. The molecule has 0 aliphatic carbocycles. The summed E-state index contributed by atoms with van der Waals surface area (Å²) in [4.78, 5) is 13.7. The number of hydrogen-bond acceptors (Lipinski definition) is 8. The monoisotopic (exact) mass is 278 g/mol. The minimum absolute atomic E-state index is 0.409. The lowest BCUT2D eigenvalue weighted by Crippen LogP contribution is -2.12. The number of hydrazine groups is 1. The first kappa shape index (κ1) is 11.3. The molecule has 3 aromatic rings. The second-order valence-electron chi connectivity index (χ2n) is 3.46. The van der Waals surface area contributed by atoms with Crippen LogP contribution in [-0.2, 0) is 6.54 Å². The molecule has 0 saturated heterocycles.